The summed E-state index contributed by atoms with van der Waals surface area (Å²) in [5.74, 6) is -0.262. The van der Waals surface area contributed by atoms with E-state index < -0.39 is 6.04 Å². The Kier molecular flexibility index (Phi) is 4.45. The number of hydrogen-bond donors (Lipinski definition) is 1. The van der Waals surface area contributed by atoms with Gasteiger partial charge in [0, 0.05) is 12.2 Å². The van der Waals surface area contributed by atoms with Gasteiger partial charge in [-0.2, -0.15) is 0 Å². The number of thiophene rings is 1. The number of hydrogen-bond acceptors (Lipinski definition) is 3. The Morgan fingerprint density at radius 3 is 2.64 bits per heavy atom. The van der Waals surface area contributed by atoms with Crippen molar-refractivity contribution in [2.45, 2.75) is 18.9 Å². The number of carbonyl (C=O) groups is 2. The standard InChI is InChI=1S/C16H15ClN2O2S/c17-14-9-8-13(22-14)16(21)19-10-4-7-12(19)15(20)18-11-5-2-1-3-6-11/h1-3,5-6,8-9,12H,4,7,10H2,(H,18,20)/t12-/m0/s1. The molecule has 1 fully saturated rings. The Balaban J connectivity index is 1.72. The largest absolute Gasteiger partial charge is 0.326 e. The molecule has 1 aliphatic heterocycles. The molecule has 0 saturated carbocycles. The van der Waals surface area contributed by atoms with Gasteiger partial charge in [0.1, 0.15) is 6.04 Å². The average Bonchev–Trinajstić information content (AvgIpc) is 3.16. The zero-order valence-corrected chi connectivity index (χ0v) is 13.4. The molecule has 1 aromatic carbocycles. The summed E-state index contributed by atoms with van der Waals surface area (Å²) in [4.78, 5) is 27.2. The van der Waals surface area contributed by atoms with Crippen LogP contribution in [0.25, 0.3) is 0 Å². The molecule has 0 unspecified atom stereocenters. The number of para-hydroxylation sites is 1. The van der Waals surface area contributed by atoms with Gasteiger partial charge in [-0.05, 0) is 37.1 Å². The molecule has 1 atom stereocenters. The Morgan fingerprint density at radius 1 is 1.18 bits per heavy atom. The summed E-state index contributed by atoms with van der Waals surface area (Å²) >= 11 is 7.13. The zero-order chi connectivity index (χ0) is 15.5. The number of benzene rings is 1. The van der Waals surface area contributed by atoms with Crippen molar-refractivity contribution in [2.24, 2.45) is 0 Å². The first-order chi connectivity index (χ1) is 10.6. The Hall–Kier alpha value is -1.85. The number of nitrogens with one attached hydrogen (secondary N) is 1. The van der Waals surface area contributed by atoms with Crippen LogP contribution >= 0.6 is 22.9 Å². The second-order valence-corrected chi connectivity index (χ2v) is 6.83. The molecule has 1 aliphatic rings. The van der Waals surface area contributed by atoms with E-state index in [-0.39, 0.29) is 11.8 Å². The van der Waals surface area contributed by atoms with Crippen LogP contribution in [0.15, 0.2) is 42.5 Å². The molecule has 2 amide bonds. The summed E-state index contributed by atoms with van der Waals surface area (Å²) in [6.45, 7) is 0.598. The van der Waals surface area contributed by atoms with E-state index in [2.05, 4.69) is 5.32 Å². The summed E-state index contributed by atoms with van der Waals surface area (Å²) in [6.07, 6.45) is 1.52. The predicted molar refractivity (Wildman–Crippen MR) is 88.5 cm³/mol. The van der Waals surface area contributed by atoms with Gasteiger partial charge in [-0.3, -0.25) is 9.59 Å². The van der Waals surface area contributed by atoms with E-state index >= 15 is 0 Å². The molecular formula is C16H15ClN2O2S. The van der Waals surface area contributed by atoms with E-state index in [1.807, 2.05) is 30.3 Å². The topological polar surface area (TPSA) is 49.4 Å². The molecule has 1 N–H and O–H groups in total. The van der Waals surface area contributed by atoms with Crippen molar-refractivity contribution in [3.63, 3.8) is 0 Å². The van der Waals surface area contributed by atoms with Gasteiger partial charge in [0.15, 0.2) is 0 Å². The minimum atomic E-state index is -0.423. The Bertz CT molecular complexity index is 686. The fourth-order valence-electron chi connectivity index (χ4n) is 2.60. The van der Waals surface area contributed by atoms with E-state index in [0.717, 1.165) is 12.1 Å². The maximum absolute atomic E-state index is 12.5. The molecular weight excluding hydrogens is 320 g/mol. The molecule has 0 radical (unpaired) electrons. The smallest absolute Gasteiger partial charge is 0.264 e. The van der Waals surface area contributed by atoms with Crippen molar-refractivity contribution in [1.29, 1.82) is 0 Å². The highest BCUT2D eigenvalue weighted by Gasteiger charge is 2.35. The molecule has 0 spiro atoms. The number of halogens is 1. The lowest BCUT2D eigenvalue weighted by atomic mass is 10.2. The van der Waals surface area contributed by atoms with Crippen molar-refractivity contribution < 1.29 is 9.59 Å². The van der Waals surface area contributed by atoms with Crippen LogP contribution in [0.2, 0.25) is 4.34 Å². The summed E-state index contributed by atoms with van der Waals surface area (Å²) in [6, 6.07) is 12.3. The first kappa shape index (κ1) is 15.1. The van der Waals surface area contributed by atoms with Crippen molar-refractivity contribution >= 4 is 40.4 Å². The minimum absolute atomic E-state index is 0.123. The molecule has 2 aromatic rings. The highest BCUT2D eigenvalue weighted by molar-refractivity contribution is 7.17. The lowest BCUT2D eigenvalue weighted by Gasteiger charge is -2.23. The van der Waals surface area contributed by atoms with Crippen molar-refractivity contribution in [3.05, 3.63) is 51.7 Å². The highest BCUT2D eigenvalue weighted by atomic mass is 35.5. The van der Waals surface area contributed by atoms with Crippen LogP contribution < -0.4 is 5.32 Å². The third-order valence-corrected chi connectivity index (χ3v) is 4.86. The number of anilines is 1. The SMILES string of the molecule is O=C(Nc1ccccc1)[C@@H]1CCCN1C(=O)c1ccc(Cl)s1. The van der Waals surface area contributed by atoms with Gasteiger partial charge in [-0.15, -0.1) is 11.3 Å². The molecule has 6 heteroatoms. The van der Waals surface area contributed by atoms with Crippen molar-refractivity contribution in [3.8, 4) is 0 Å². The maximum Gasteiger partial charge on any atom is 0.264 e. The Morgan fingerprint density at radius 2 is 1.95 bits per heavy atom. The quantitative estimate of drug-likeness (QED) is 0.931. The van der Waals surface area contributed by atoms with Crippen LogP contribution in [-0.2, 0) is 4.79 Å². The van der Waals surface area contributed by atoms with Gasteiger partial charge in [0.2, 0.25) is 5.91 Å². The molecule has 3 rings (SSSR count). The first-order valence-corrected chi connectivity index (χ1v) is 8.27. The number of rotatable bonds is 3. The second-order valence-electron chi connectivity index (χ2n) is 5.12. The fourth-order valence-corrected chi connectivity index (χ4v) is 3.60. The monoisotopic (exact) mass is 334 g/mol. The number of nitrogens with zero attached hydrogens (tertiary/aromatic N) is 1. The number of amides is 2. The summed E-state index contributed by atoms with van der Waals surface area (Å²) < 4.78 is 0.577. The first-order valence-electron chi connectivity index (χ1n) is 7.07. The van der Waals surface area contributed by atoms with Crippen LogP contribution in [-0.4, -0.2) is 29.3 Å². The predicted octanol–water partition coefficient (Wildman–Crippen LogP) is 3.64. The van der Waals surface area contributed by atoms with Gasteiger partial charge in [0.05, 0.1) is 9.21 Å². The van der Waals surface area contributed by atoms with Crippen LogP contribution in [0, 0.1) is 0 Å². The third-order valence-electron chi connectivity index (χ3n) is 3.64. The van der Waals surface area contributed by atoms with Crippen LogP contribution in [0.4, 0.5) is 5.69 Å². The molecule has 4 nitrogen and oxygen atoms in total. The lowest BCUT2D eigenvalue weighted by Crippen LogP contribution is -2.42. The molecule has 2 heterocycles. The summed E-state index contributed by atoms with van der Waals surface area (Å²) in [7, 11) is 0. The van der Waals surface area contributed by atoms with Gasteiger partial charge in [0.25, 0.3) is 5.91 Å². The summed E-state index contributed by atoms with van der Waals surface area (Å²) in [5, 5.41) is 2.87. The maximum atomic E-state index is 12.5. The van der Waals surface area contributed by atoms with E-state index in [9.17, 15) is 9.59 Å². The molecule has 0 bridgehead atoms. The van der Waals surface area contributed by atoms with Crippen LogP contribution in [0.1, 0.15) is 22.5 Å². The van der Waals surface area contributed by atoms with Gasteiger partial charge in [-0.25, -0.2) is 0 Å². The highest BCUT2D eigenvalue weighted by Crippen LogP contribution is 2.27. The molecule has 22 heavy (non-hydrogen) atoms. The van der Waals surface area contributed by atoms with Crippen LogP contribution in [0.3, 0.4) is 0 Å². The zero-order valence-electron chi connectivity index (χ0n) is 11.8. The fraction of sp³-hybridized carbons (Fsp3) is 0.250. The van der Waals surface area contributed by atoms with E-state index in [0.29, 0.717) is 22.2 Å². The molecule has 0 aliphatic carbocycles. The van der Waals surface area contributed by atoms with Crippen molar-refractivity contribution in [1.82, 2.24) is 4.90 Å². The Labute approximate surface area is 137 Å². The normalized spacial score (nSPS) is 17.5. The van der Waals surface area contributed by atoms with E-state index in [1.165, 1.54) is 11.3 Å². The summed E-state index contributed by atoms with van der Waals surface area (Å²) in [5.41, 5.74) is 0.742. The molecule has 1 saturated heterocycles. The van der Waals surface area contributed by atoms with Gasteiger partial charge >= 0.3 is 0 Å². The van der Waals surface area contributed by atoms with E-state index in [4.69, 9.17) is 11.6 Å². The van der Waals surface area contributed by atoms with E-state index in [1.54, 1.807) is 17.0 Å². The average molecular weight is 335 g/mol. The second kappa shape index (κ2) is 6.50. The molecule has 1 aromatic heterocycles. The lowest BCUT2D eigenvalue weighted by molar-refractivity contribution is -0.119. The van der Waals surface area contributed by atoms with Crippen LogP contribution in [0.5, 0.6) is 0 Å². The number of carbonyl (C=O) groups excluding carboxylic acids is 2. The van der Waals surface area contributed by atoms with Gasteiger partial charge < -0.3 is 10.2 Å². The van der Waals surface area contributed by atoms with Gasteiger partial charge in [-0.1, -0.05) is 29.8 Å². The third kappa shape index (κ3) is 3.15. The van der Waals surface area contributed by atoms with Crippen molar-refractivity contribution in [2.75, 3.05) is 11.9 Å². The molecule has 114 valence electrons. The number of likely N-dealkylation sites (tertiary alicyclic amines) is 1. The minimum Gasteiger partial charge on any atom is -0.326 e.